The summed E-state index contributed by atoms with van der Waals surface area (Å²) in [5, 5.41) is 9.69. The maximum atomic E-state index is 11.2. The maximum Gasteiger partial charge on any atom is 0.352 e. The lowest BCUT2D eigenvalue weighted by Crippen LogP contribution is -2.09. The number of aromatic carboxylic acids is 1. The quantitative estimate of drug-likeness (QED) is 0.921. The average Bonchev–Trinajstić information content (AvgIpc) is 2.73. The molecule has 0 aliphatic rings. The smallest absolute Gasteiger partial charge is 0.352 e. The lowest BCUT2D eigenvalue weighted by atomic mass is 10.2. The molecule has 0 saturated heterocycles. The van der Waals surface area contributed by atoms with Crippen molar-refractivity contribution in [1.29, 1.82) is 0 Å². The van der Waals surface area contributed by atoms with Crippen molar-refractivity contribution < 1.29 is 14.6 Å². The molecule has 0 saturated carbocycles. The molecule has 1 N–H and O–H groups in total. The van der Waals surface area contributed by atoms with Crippen LogP contribution < -0.4 is 4.74 Å². The third-order valence-corrected chi connectivity index (χ3v) is 3.49. The third kappa shape index (κ3) is 2.93. The summed E-state index contributed by atoms with van der Waals surface area (Å²) < 4.78 is 7.56. The van der Waals surface area contributed by atoms with Gasteiger partial charge in [0.15, 0.2) is 0 Å². The van der Waals surface area contributed by atoms with Crippen LogP contribution in [-0.2, 0) is 6.54 Å². The summed E-state index contributed by atoms with van der Waals surface area (Å²) in [6.07, 6.45) is 1.70. The molecule has 2 aromatic rings. The van der Waals surface area contributed by atoms with Crippen molar-refractivity contribution in [2.45, 2.75) is 6.54 Å². The molecule has 0 radical (unpaired) electrons. The Hall–Kier alpha value is -1.46. The number of ether oxygens (including phenoxy) is 1. The molecule has 19 heavy (non-hydrogen) atoms. The predicted molar refractivity (Wildman–Crippen MR) is 76.2 cm³/mol. The molecule has 0 bridgehead atoms. The molecular weight excluding hydrogens is 334 g/mol. The van der Waals surface area contributed by atoms with Crippen LogP contribution >= 0.6 is 27.5 Å². The van der Waals surface area contributed by atoms with Crippen LogP contribution in [0.3, 0.4) is 0 Å². The Morgan fingerprint density at radius 3 is 2.89 bits per heavy atom. The highest BCUT2D eigenvalue weighted by atomic mass is 79.9. The van der Waals surface area contributed by atoms with Gasteiger partial charge in [-0.15, -0.1) is 0 Å². The highest BCUT2D eigenvalue weighted by Crippen LogP contribution is 2.28. The number of hydrogen-bond acceptors (Lipinski definition) is 2. The van der Waals surface area contributed by atoms with E-state index in [9.17, 15) is 4.79 Å². The standard InChI is InChI=1S/C13H11BrClNO3/c1-19-12-4-2-3-10(15)9(12)7-16-6-8(14)5-11(16)13(17)18/h2-6H,7H2,1H3,(H,17,18). The van der Waals surface area contributed by atoms with Gasteiger partial charge in [0.05, 0.1) is 13.7 Å². The van der Waals surface area contributed by atoms with E-state index in [0.29, 0.717) is 21.8 Å². The van der Waals surface area contributed by atoms with Gasteiger partial charge in [0.25, 0.3) is 0 Å². The molecule has 1 aromatic heterocycles. The minimum absolute atomic E-state index is 0.189. The minimum atomic E-state index is -0.989. The van der Waals surface area contributed by atoms with Gasteiger partial charge in [0, 0.05) is 21.3 Å². The molecule has 0 amide bonds. The van der Waals surface area contributed by atoms with Gasteiger partial charge < -0.3 is 14.4 Å². The number of aromatic nitrogens is 1. The van der Waals surface area contributed by atoms with Crippen molar-refractivity contribution in [3.63, 3.8) is 0 Å². The number of carboxylic acid groups (broad SMARTS) is 1. The number of benzene rings is 1. The fourth-order valence-corrected chi connectivity index (χ4v) is 2.53. The van der Waals surface area contributed by atoms with Gasteiger partial charge in [0.1, 0.15) is 11.4 Å². The topological polar surface area (TPSA) is 51.5 Å². The predicted octanol–water partition coefficient (Wildman–Crippen LogP) is 3.66. The lowest BCUT2D eigenvalue weighted by Gasteiger charge is -2.12. The molecule has 0 aliphatic carbocycles. The molecule has 100 valence electrons. The Kier molecular flexibility index (Phi) is 4.17. The van der Waals surface area contributed by atoms with E-state index in [2.05, 4.69) is 15.9 Å². The van der Waals surface area contributed by atoms with E-state index in [1.54, 1.807) is 42.1 Å². The van der Waals surface area contributed by atoms with Gasteiger partial charge in [-0.1, -0.05) is 17.7 Å². The number of hydrogen-bond donors (Lipinski definition) is 1. The minimum Gasteiger partial charge on any atom is -0.496 e. The summed E-state index contributed by atoms with van der Waals surface area (Å²) in [6.45, 7) is 0.329. The van der Waals surface area contributed by atoms with Gasteiger partial charge in [-0.05, 0) is 34.1 Å². The fourth-order valence-electron chi connectivity index (χ4n) is 1.84. The van der Waals surface area contributed by atoms with E-state index >= 15 is 0 Å². The first-order chi connectivity index (χ1) is 9.02. The molecule has 0 unspecified atom stereocenters. The van der Waals surface area contributed by atoms with Crippen LogP contribution in [0.15, 0.2) is 34.9 Å². The monoisotopic (exact) mass is 343 g/mol. The molecule has 0 atom stereocenters. The van der Waals surface area contributed by atoms with Gasteiger partial charge in [-0.3, -0.25) is 0 Å². The Morgan fingerprint density at radius 1 is 1.53 bits per heavy atom. The first kappa shape index (κ1) is 14.0. The van der Waals surface area contributed by atoms with Gasteiger partial charge in [-0.25, -0.2) is 4.79 Å². The van der Waals surface area contributed by atoms with Crippen LogP contribution in [0.5, 0.6) is 5.75 Å². The van der Waals surface area contributed by atoms with E-state index in [4.69, 9.17) is 21.4 Å². The van der Waals surface area contributed by atoms with Crippen molar-refractivity contribution in [1.82, 2.24) is 4.57 Å². The molecule has 1 aromatic carbocycles. The Morgan fingerprint density at radius 2 is 2.26 bits per heavy atom. The molecule has 6 heteroatoms. The van der Waals surface area contributed by atoms with Gasteiger partial charge in [-0.2, -0.15) is 0 Å². The van der Waals surface area contributed by atoms with E-state index in [-0.39, 0.29) is 5.69 Å². The Labute approximate surface area is 123 Å². The summed E-state index contributed by atoms with van der Waals surface area (Å²) in [5.41, 5.74) is 0.936. The third-order valence-electron chi connectivity index (χ3n) is 2.71. The van der Waals surface area contributed by atoms with Crippen molar-refractivity contribution in [2.75, 3.05) is 7.11 Å². The van der Waals surface area contributed by atoms with Crippen LogP contribution in [0.25, 0.3) is 0 Å². The second-order valence-corrected chi connectivity index (χ2v) is 5.22. The molecule has 0 fully saturated rings. The van der Waals surface area contributed by atoms with Gasteiger partial charge >= 0.3 is 5.97 Å². The first-order valence-electron chi connectivity index (χ1n) is 5.43. The zero-order chi connectivity index (χ0) is 14.0. The zero-order valence-corrected chi connectivity index (χ0v) is 12.4. The molecule has 1 heterocycles. The van der Waals surface area contributed by atoms with Crippen LogP contribution in [0.1, 0.15) is 16.1 Å². The maximum absolute atomic E-state index is 11.2. The number of carboxylic acids is 1. The van der Waals surface area contributed by atoms with E-state index in [0.717, 1.165) is 5.56 Å². The summed E-state index contributed by atoms with van der Waals surface area (Å²) in [7, 11) is 1.55. The van der Waals surface area contributed by atoms with E-state index in [1.165, 1.54) is 0 Å². The van der Waals surface area contributed by atoms with Crippen LogP contribution in [0.4, 0.5) is 0 Å². The SMILES string of the molecule is COc1cccc(Cl)c1Cn1cc(Br)cc1C(=O)O. The molecule has 0 spiro atoms. The number of carbonyl (C=O) groups is 1. The van der Waals surface area contributed by atoms with E-state index in [1.807, 2.05) is 0 Å². The first-order valence-corrected chi connectivity index (χ1v) is 6.60. The van der Waals surface area contributed by atoms with Crippen LogP contribution in [0, 0.1) is 0 Å². The van der Waals surface area contributed by atoms with E-state index < -0.39 is 5.97 Å². The van der Waals surface area contributed by atoms with Crippen molar-refractivity contribution in [3.05, 3.63) is 51.2 Å². The number of halogens is 2. The zero-order valence-electron chi connectivity index (χ0n) is 10.1. The second kappa shape index (κ2) is 5.67. The van der Waals surface area contributed by atoms with Crippen molar-refractivity contribution in [2.24, 2.45) is 0 Å². The fraction of sp³-hybridized carbons (Fsp3) is 0.154. The lowest BCUT2D eigenvalue weighted by molar-refractivity contribution is 0.0685. The highest BCUT2D eigenvalue weighted by molar-refractivity contribution is 9.10. The van der Waals surface area contributed by atoms with Crippen LogP contribution in [-0.4, -0.2) is 22.8 Å². The summed E-state index contributed by atoms with van der Waals surface area (Å²) in [4.78, 5) is 11.2. The summed E-state index contributed by atoms with van der Waals surface area (Å²) in [5.74, 6) is -0.356. The molecular formula is C13H11BrClNO3. The molecule has 2 rings (SSSR count). The van der Waals surface area contributed by atoms with Crippen molar-refractivity contribution >= 4 is 33.5 Å². The molecule has 4 nitrogen and oxygen atoms in total. The molecule has 0 aliphatic heterocycles. The average molecular weight is 345 g/mol. The second-order valence-electron chi connectivity index (χ2n) is 3.90. The highest BCUT2D eigenvalue weighted by Gasteiger charge is 2.15. The number of rotatable bonds is 4. The largest absolute Gasteiger partial charge is 0.496 e. The van der Waals surface area contributed by atoms with Crippen molar-refractivity contribution in [3.8, 4) is 5.75 Å². The Bertz CT molecular complexity index is 624. The van der Waals surface area contributed by atoms with Crippen LogP contribution in [0.2, 0.25) is 5.02 Å². The normalized spacial score (nSPS) is 10.5. The van der Waals surface area contributed by atoms with Gasteiger partial charge in [0.2, 0.25) is 0 Å². The summed E-state index contributed by atoms with van der Waals surface area (Å²) in [6, 6.07) is 6.87. The summed E-state index contributed by atoms with van der Waals surface area (Å²) >= 11 is 9.41. The number of nitrogens with zero attached hydrogens (tertiary/aromatic N) is 1. The Balaban J connectivity index is 2.44. The number of methoxy groups -OCH3 is 1.